The van der Waals surface area contributed by atoms with E-state index in [4.69, 9.17) is 20.3 Å². The number of hydrogen-bond donors (Lipinski definition) is 2. The molecule has 42 heavy (non-hydrogen) atoms. The number of hydrogen-bond acceptors (Lipinski definition) is 6. The van der Waals surface area contributed by atoms with Crippen molar-refractivity contribution < 1.29 is 22.7 Å². The molecule has 0 bridgehead atoms. The minimum absolute atomic E-state index is 0.0169. The van der Waals surface area contributed by atoms with Gasteiger partial charge in [-0.25, -0.2) is 13.2 Å². The highest BCUT2D eigenvalue weighted by atomic mass is 19.1. The zero-order valence-corrected chi connectivity index (χ0v) is 24.8. The molecule has 1 aromatic heterocycles. The minimum Gasteiger partial charge on any atom is -0.494 e. The molecule has 2 aliphatic rings. The topological polar surface area (TPSA) is 81.8 Å². The molecule has 2 unspecified atom stereocenters. The SMILES string of the molecule is COc1cc(ONCC(c2cc(C3(C)CC3)cc(-c3cc(C(C)C)c(F)cc3F)n2)C2CC2)cc(/C=N/C(C)F)c1N. The number of methoxy groups -OCH3 is 1. The van der Waals surface area contributed by atoms with Crippen molar-refractivity contribution in [2.45, 2.75) is 76.9 Å². The van der Waals surface area contributed by atoms with Crippen LogP contribution in [0.15, 0.2) is 41.4 Å². The van der Waals surface area contributed by atoms with Gasteiger partial charge in [-0.3, -0.25) is 9.98 Å². The van der Waals surface area contributed by atoms with Gasteiger partial charge in [-0.1, -0.05) is 20.8 Å². The maximum atomic E-state index is 15.2. The number of nitrogens with one attached hydrogen (secondary N) is 1. The van der Waals surface area contributed by atoms with Gasteiger partial charge in [-0.05, 0) is 85.3 Å². The molecule has 0 spiro atoms. The van der Waals surface area contributed by atoms with Gasteiger partial charge in [0, 0.05) is 47.6 Å². The highest BCUT2D eigenvalue weighted by Crippen LogP contribution is 2.50. The number of anilines is 1. The summed E-state index contributed by atoms with van der Waals surface area (Å²) in [6.45, 7) is 7.78. The monoisotopic (exact) mass is 580 g/mol. The third-order valence-electron chi connectivity index (χ3n) is 8.38. The first-order chi connectivity index (χ1) is 20.0. The summed E-state index contributed by atoms with van der Waals surface area (Å²) in [7, 11) is 1.50. The first-order valence-corrected chi connectivity index (χ1v) is 14.6. The molecule has 2 atom stereocenters. The predicted octanol–water partition coefficient (Wildman–Crippen LogP) is 7.60. The van der Waals surface area contributed by atoms with Crippen molar-refractivity contribution in [1.82, 2.24) is 10.5 Å². The van der Waals surface area contributed by atoms with Crippen LogP contribution in [0.4, 0.5) is 18.9 Å². The molecule has 9 heteroatoms. The van der Waals surface area contributed by atoms with Crippen molar-refractivity contribution in [3.63, 3.8) is 0 Å². The molecule has 0 aliphatic heterocycles. The first kappa shape index (κ1) is 29.9. The van der Waals surface area contributed by atoms with Gasteiger partial charge in [0.05, 0.1) is 18.5 Å². The van der Waals surface area contributed by atoms with E-state index in [0.29, 0.717) is 52.0 Å². The van der Waals surface area contributed by atoms with E-state index in [0.717, 1.165) is 43.0 Å². The fraction of sp³-hybridized carbons (Fsp3) is 0.455. The molecular weight excluding hydrogens is 541 g/mol. The Hall–Kier alpha value is -3.59. The van der Waals surface area contributed by atoms with E-state index in [9.17, 15) is 8.78 Å². The zero-order valence-electron chi connectivity index (χ0n) is 24.8. The molecule has 0 amide bonds. The standard InChI is InChI=1S/C33H39F3N4O2/c1-18(2)24-14-25(28(36)15-27(24)35)29-11-22(33(4)8-9-33)12-30(40-29)26(20-6-7-20)17-39-42-23-10-21(16-38-19(3)34)32(37)31(13-23)41-5/h10-16,18-20,26,39H,6-9,17,37H2,1-5H3/b38-16+. The van der Waals surface area contributed by atoms with Crippen LogP contribution >= 0.6 is 0 Å². The average Bonchev–Trinajstić information content (AvgIpc) is 3.88. The Bertz CT molecular complexity index is 1480. The molecular formula is C33H39F3N4O2. The second-order valence-electron chi connectivity index (χ2n) is 12.1. The lowest BCUT2D eigenvalue weighted by atomic mass is 9.90. The summed E-state index contributed by atoms with van der Waals surface area (Å²) in [5, 5.41) is 0. The molecule has 0 saturated heterocycles. The lowest BCUT2D eigenvalue weighted by Crippen LogP contribution is -2.27. The van der Waals surface area contributed by atoms with E-state index in [1.807, 2.05) is 19.9 Å². The number of nitrogen functional groups attached to an aromatic ring is 1. The summed E-state index contributed by atoms with van der Waals surface area (Å²) in [5.41, 5.74) is 13.4. The smallest absolute Gasteiger partial charge is 0.187 e. The summed E-state index contributed by atoms with van der Waals surface area (Å²) in [4.78, 5) is 14.7. The van der Waals surface area contributed by atoms with E-state index < -0.39 is 17.9 Å². The predicted molar refractivity (Wildman–Crippen MR) is 160 cm³/mol. The van der Waals surface area contributed by atoms with Crippen LogP contribution in [-0.4, -0.2) is 31.1 Å². The Morgan fingerprint density at radius 2 is 1.83 bits per heavy atom. The average molecular weight is 581 g/mol. The quantitative estimate of drug-likeness (QED) is 0.0998. The number of hydroxylamine groups is 1. The summed E-state index contributed by atoms with van der Waals surface area (Å²) < 4.78 is 48.4. The fourth-order valence-electron chi connectivity index (χ4n) is 5.27. The largest absolute Gasteiger partial charge is 0.494 e. The third kappa shape index (κ3) is 6.56. The third-order valence-corrected chi connectivity index (χ3v) is 8.38. The summed E-state index contributed by atoms with van der Waals surface area (Å²) >= 11 is 0. The summed E-state index contributed by atoms with van der Waals surface area (Å²) in [6.07, 6.45) is 4.22. The van der Waals surface area contributed by atoms with Crippen molar-refractivity contribution in [2.24, 2.45) is 10.9 Å². The normalized spacial score (nSPS) is 17.5. The number of pyridine rings is 1. The molecule has 6 nitrogen and oxygen atoms in total. The van der Waals surface area contributed by atoms with Gasteiger partial charge < -0.3 is 15.3 Å². The molecule has 224 valence electrons. The van der Waals surface area contributed by atoms with Gasteiger partial charge in [0.25, 0.3) is 0 Å². The fourth-order valence-corrected chi connectivity index (χ4v) is 5.27. The second-order valence-corrected chi connectivity index (χ2v) is 12.1. The number of benzene rings is 2. The van der Waals surface area contributed by atoms with E-state index in [2.05, 4.69) is 23.5 Å². The van der Waals surface area contributed by atoms with E-state index in [1.54, 1.807) is 18.2 Å². The Labute approximate surface area is 245 Å². The number of halogens is 3. The second kappa shape index (κ2) is 12.0. The Morgan fingerprint density at radius 1 is 1.10 bits per heavy atom. The highest BCUT2D eigenvalue weighted by Gasteiger charge is 2.41. The van der Waals surface area contributed by atoms with Crippen molar-refractivity contribution in [2.75, 3.05) is 19.4 Å². The number of ether oxygens (including phenoxy) is 1. The molecule has 2 aromatic carbocycles. The van der Waals surface area contributed by atoms with E-state index in [-0.39, 0.29) is 17.3 Å². The van der Waals surface area contributed by atoms with Crippen molar-refractivity contribution in [1.29, 1.82) is 0 Å². The first-order valence-electron chi connectivity index (χ1n) is 14.6. The van der Waals surface area contributed by atoms with Gasteiger partial charge in [0.15, 0.2) is 12.0 Å². The Kier molecular flexibility index (Phi) is 8.51. The minimum atomic E-state index is -1.37. The van der Waals surface area contributed by atoms with Crippen LogP contribution in [-0.2, 0) is 5.41 Å². The van der Waals surface area contributed by atoms with Crippen LogP contribution in [0.5, 0.6) is 11.5 Å². The van der Waals surface area contributed by atoms with Crippen molar-refractivity contribution in [3.8, 4) is 22.8 Å². The molecule has 5 rings (SSSR count). The number of aliphatic imine (C=N–C) groups is 1. The van der Waals surface area contributed by atoms with Gasteiger partial charge in [-0.2, -0.15) is 5.48 Å². The maximum absolute atomic E-state index is 15.2. The number of nitrogens with two attached hydrogens (primary N) is 1. The highest BCUT2D eigenvalue weighted by molar-refractivity contribution is 5.90. The van der Waals surface area contributed by atoms with Crippen molar-refractivity contribution >= 4 is 11.9 Å². The molecule has 2 saturated carbocycles. The van der Waals surface area contributed by atoms with Crippen LogP contribution in [0.25, 0.3) is 11.3 Å². The summed E-state index contributed by atoms with van der Waals surface area (Å²) in [6, 6.07) is 10.0. The molecule has 3 N–H and O–H groups in total. The molecule has 2 aliphatic carbocycles. The number of nitrogens with zero attached hydrogens (tertiary/aromatic N) is 2. The summed E-state index contributed by atoms with van der Waals surface area (Å²) in [5.74, 6) is 0.00276. The van der Waals surface area contributed by atoms with Crippen LogP contribution in [0.3, 0.4) is 0 Å². The van der Waals surface area contributed by atoms with Gasteiger partial charge in [0.2, 0.25) is 0 Å². The lowest BCUT2D eigenvalue weighted by molar-refractivity contribution is 0.183. The van der Waals surface area contributed by atoms with Gasteiger partial charge >= 0.3 is 0 Å². The van der Waals surface area contributed by atoms with Crippen LogP contribution in [0, 0.1) is 17.6 Å². The number of rotatable bonds is 12. The molecule has 0 radical (unpaired) electrons. The number of aromatic nitrogens is 1. The van der Waals surface area contributed by atoms with Crippen molar-refractivity contribution in [3.05, 3.63) is 70.4 Å². The molecule has 1 heterocycles. The Morgan fingerprint density at radius 3 is 2.45 bits per heavy atom. The van der Waals surface area contributed by atoms with Crippen LogP contribution in [0.2, 0.25) is 0 Å². The molecule has 2 fully saturated rings. The van der Waals surface area contributed by atoms with Crippen LogP contribution < -0.4 is 20.8 Å². The van der Waals surface area contributed by atoms with Crippen LogP contribution in [0.1, 0.15) is 87.6 Å². The van der Waals surface area contributed by atoms with Gasteiger partial charge in [0.1, 0.15) is 17.4 Å². The lowest BCUT2D eigenvalue weighted by Gasteiger charge is -2.21. The van der Waals surface area contributed by atoms with Gasteiger partial charge in [-0.15, -0.1) is 0 Å². The van der Waals surface area contributed by atoms with E-state index in [1.165, 1.54) is 20.2 Å². The zero-order chi connectivity index (χ0) is 30.2. The molecule has 3 aromatic rings. The Balaban J connectivity index is 1.44. The maximum Gasteiger partial charge on any atom is 0.187 e. The van der Waals surface area contributed by atoms with E-state index >= 15 is 4.39 Å². The number of alkyl halides is 1.